The van der Waals surface area contributed by atoms with E-state index in [-0.39, 0.29) is 5.91 Å². The van der Waals surface area contributed by atoms with Crippen LogP contribution >= 0.6 is 0 Å². The highest BCUT2D eigenvalue weighted by Crippen LogP contribution is 2.16. The largest absolute Gasteiger partial charge is 0.326 e. The van der Waals surface area contributed by atoms with Gasteiger partial charge in [0.25, 0.3) is 0 Å². The molecule has 3 heteroatoms. The molecule has 0 fully saturated rings. The van der Waals surface area contributed by atoms with Crippen molar-refractivity contribution < 1.29 is 4.79 Å². The number of hydrogen-bond acceptors (Lipinski definition) is 2. The molecule has 2 N–H and O–H groups in total. The second kappa shape index (κ2) is 7.07. The lowest BCUT2D eigenvalue weighted by atomic mass is 10.1. The van der Waals surface area contributed by atoms with Gasteiger partial charge in [-0.3, -0.25) is 4.79 Å². The highest BCUT2D eigenvalue weighted by molar-refractivity contribution is 5.90. The second-order valence-electron chi connectivity index (χ2n) is 4.20. The summed E-state index contributed by atoms with van der Waals surface area (Å²) in [5.74, 6) is 0.0508. The quantitative estimate of drug-likeness (QED) is 0.794. The molecule has 0 saturated heterocycles. The minimum absolute atomic E-state index is 0.0508. The van der Waals surface area contributed by atoms with Gasteiger partial charge in [0.05, 0.1) is 0 Å². The lowest BCUT2D eigenvalue weighted by Gasteiger charge is -2.14. The molecule has 0 radical (unpaired) electrons. The molecule has 1 aromatic rings. The summed E-state index contributed by atoms with van der Waals surface area (Å²) in [4.78, 5) is 11.2. The number of rotatable bonds is 6. The number of carbonyl (C=O) groups excluding carboxylic acids is 1. The van der Waals surface area contributed by atoms with Crippen LogP contribution in [0.5, 0.6) is 0 Å². The molecule has 0 bridgehead atoms. The lowest BCUT2D eigenvalue weighted by molar-refractivity contribution is -0.115. The van der Waals surface area contributed by atoms with Gasteiger partial charge < -0.3 is 10.6 Å². The SMILES string of the molecule is CCCNC(C)c1ccc(NC(=O)CC)cc1. The Labute approximate surface area is 104 Å². The maximum absolute atomic E-state index is 11.2. The Morgan fingerprint density at radius 3 is 2.41 bits per heavy atom. The van der Waals surface area contributed by atoms with E-state index in [4.69, 9.17) is 0 Å². The average molecular weight is 234 g/mol. The van der Waals surface area contributed by atoms with Crippen LogP contribution in [-0.2, 0) is 4.79 Å². The van der Waals surface area contributed by atoms with Crippen molar-refractivity contribution in [2.24, 2.45) is 0 Å². The second-order valence-corrected chi connectivity index (χ2v) is 4.20. The zero-order chi connectivity index (χ0) is 12.7. The van der Waals surface area contributed by atoms with Crippen molar-refractivity contribution >= 4 is 11.6 Å². The number of anilines is 1. The minimum Gasteiger partial charge on any atom is -0.326 e. The van der Waals surface area contributed by atoms with Crippen LogP contribution in [0.25, 0.3) is 0 Å². The van der Waals surface area contributed by atoms with E-state index in [1.807, 2.05) is 19.1 Å². The summed E-state index contributed by atoms with van der Waals surface area (Å²) in [6.45, 7) is 7.17. The van der Waals surface area contributed by atoms with Gasteiger partial charge in [0.2, 0.25) is 5.91 Å². The van der Waals surface area contributed by atoms with Crippen LogP contribution in [0, 0.1) is 0 Å². The molecule has 0 aromatic heterocycles. The molecular formula is C14H22N2O. The Morgan fingerprint density at radius 2 is 1.88 bits per heavy atom. The van der Waals surface area contributed by atoms with E-state index >= 15 is 0 Å². The van der Waals surface area contributed by atoms with Gasteiger partial charge >= 0.3 is 0 Å². The van der Waals surface area contributed by atoms with E-state index in [0.717, 1.165) is 18.7 Å². The van der Waals surface area contributed by atoms with E-state index in [0.29, 0.717) is 12.5 Å². The first kappa shape index (κ1) is 13.7. The third-order valence-corrected chi connectivity index (χ3v) is 2.72. The van der Waals surface area contributed by atoms with Crippen LogP contribution in [0.3, 0.4) is 0 Å². The van der Waals surface area contributed by atoms with Gasteiger partial charge in [-0.15, -0.1) is 0 Å². The summed E-state index contributed by atoms with van der Waals surface area (Å²) in [5, 5.41) is 6.27. The topological polar surface area (TPSA) is 41.1 Å². The summed E-state index contributed by atoms with van der Waals surface area (Å²) < 4.78 is 0. The van der Waals surface area contributed by atoms with Gasteiger partial charge in [0, 0.05) is 18.2 Å². The number of nitrogens with one attached hydrogen (secondary N) is 2. The zero-order valence-corrected chi connectivity index (χ0v) is 10.9. The Bertz CT molecular complexity index is 346. The summed E-state index contributed by atoms with van der Waals surface area (Å²) in [7, 11) is 0. The molecule has 0 heterocycles. The third kappa shape index (κ3) is 4.57. The van der Waals surface area contributed by atoms with E-state index < -0.39 is 0 Å². The normalized spacial score (nSPS) is 12.2. The van der Waals surface area contributed by atoms with Crippen LogP contribution < -0.4 is 10.6 Å². The fourth-order valence-corrected chi connectivity index (χ4v) is 1.58. The molecule has 1 aromatic carbocycles. The molecule has 94 valence electrons. The molecule has 0 aliphatic heterocycles. The predicted molar refractivity (Wildman–Crippen MR) is 72.1 cm³/mol. The van der Waals surface area contributed by atoms with Crippen LogP contribution in [0.1, 0.15) is 45.2 Å². The van der Waals surface area contributed by atoms with Gasteiger partial charge in [-0.1, -0.05) is 26.0 Å². The number of benzene rings is 1. The Kier molecular flexibility index (Phi) is 5.70. The van der Waals surface area contributed by atoms with Crippen molar-refractivity contribution in [3.8, 4) is 0 Å². The van der Waals surface area contributed by atoms with E-state index in [9.17, 15) is 4.79 Å². The summed E-state index contributed by atoms with van der Waals surface area (Å²) in [5.41, 5.74) is 2.11. The van der Waals surface area contributed by atoms with Crippen molar-refractivity contribution in [3.05, 3.63) is 29.8 Å². The van der Waals surface area contributed by atoms with Crippen LogP contribution in [-0.4, -0.2) is 12.5 Å². The Hall–Kier alpha value is -1.35. The van der Waals surface area contributed by atoms with E-state index in [1.165, 1.54) is 5.56 Å². The first-order chi connectivity index (χ1) is 8.17. The Morgan fingerprint density at radius 1 is 1.24 bits per heavy atom. The number of carbonyl (C=O) groups is 1. The molecule has 3 nitrogen and oxygen atoms in total. The first-order valence-electron chi connectivity index (χ1n) is 6.30. The summed E-state index contributed by atoms with van der Waals surface area (Å²) in [6.07, 6.45) is 1.64. The van der Waals surface area contributed by atoms with Crippen LogP contribution in [0.15, 0.2) is 24.3 Å². The molecule has 0 aliphatic carbocycles. The van der Waals surface area contributed by atoms with Gasteiger partial charge in [0.1, 0.15) is 0 Å². The maximum atomic E-state index is 11.2. The van der Waals surface area contributed by atoms with Crippen molar-refractivity contribution in [2.45, 2.75) is 39.7 Å². The zero-order valence-electron chi connectivity index (χ0n) is 10.9. The fraction of sp³-hybridized carbons (Fsp3) is 0.500. The Balaban J connectivity index is 2.57. The van der Waals surface area contributed by atoms with Gasteiger partial charge in [-0.25, -0.2) is 0 Å². The highest BCUT2D eigenvalue weighted by atomic mass is 16.1. The molecule has 1 atom stereocenters. The lowest BCUT2D eigenvalue weighted by Crippen LogP contribution is -2.19. The first-order valence-corrected chi connectivity index (χ1v) is 6.30. The predicted octanol–water partition coefficient (Wildman–Crippen LogP) is 3.10. The molecule has 0 saturated carbocycles. The standard InChI is InChI=1S/C14H22N2O/c1-4-10-15-11(3)12-6-8-13(9-7-12)16-14(17)5-2/h6-9,11,15H,4-5,10H2,1-3H3,(H,16,17). The van der Waals surface area contributed by atoms with Crippen LogP contribution in [0.2, 0.25) is 0 Å². The molecule has 1 unspecified atom stereocenters. The monoisotopic (exact) mass is 234 g/mol. The summed E-state index contributed by atoms with van der Waals surface area (Å²) >= 11 is 0. The van der Waals surface area contributed by atoms with E-state index in [2.05, 4.69) is 36.6 Å². The van der Waals surface area contributed by atoms with E-state index in [1.54, 1.807) is 0 Å². The van der Waals surface area contributed by atoms with Crippen molar-refractivity contribution in [1.29, 1.82) is 0 Å². The average Bonchev–Trinajstić information content (AvgIpc) is 2.36. The van der Waals surface area contributed by atoms with Crippen molar-refractivity contribution in [3.63, 3.8) is 0 Å². The minimum atomic E-state index is 0.0508. The smallest absolute Gasteiger partial charge is 0.224 e. The van der Waals surface area contributed by atoms with Crippen molar-refractivity contribution in [2.75, 3.05) is 11.9 Å². The molecule has 0 spiro atoms. The molecule has 1 rings (SSSR count). The van der Waals surface area contributed by atoms with Crippen molar-refractivity contribution in [1.82, 2.24) is 5.32 Å². The fourth-order valence-electron chi connectivity index (χ4n) is 1.58. The van der Waals surface area contributed by atoms with Gasteiger partial charge in [-0.05, 0) is 37.6 Å². The number of amides is 1. The van der Waals surface area contributed by atoms with Gasteiger partial charge in [0.15, 0.2) is 0 Å². The third-order valence-electron chi connectivity index (χ3n) is 2.72. The van der Waals surface area contributed by atoms with Crippen LogP contribution in [0.4, 0.5) is 5.69 Å². The highest BCUT2D eigenvalue weighted by Gasteiger charge is 2.04. The molecular weight excluding hydrogens is 212 g/mol. The number of hydrogen-bond donors (Lipinski definition) is 2. The molecule has 0 aliphatic rings. The summed E-state index contributed by atoms with van der Waals surface area (Å²) in [6, 6.07) is 8.36. The molecule has 17 heavy (non-hydrogen) atoms. The molecule has 1 amide bonds. The van der Waals surface area contributed by atoms with Gasteiger partial charge in [-0.2, -0.15) is 0 Å². The maximum Gasteiger partial charge on any atom is 0.224 e.